The summed E-state index contributed by atoms with van der Waals surface area (Å²) in [4.78, 5) is 15.6. The molecule has 0 unspecified atom stereocenters. The van der Waals surface area contributed by atoms with Gasteiger partial charge in [-0.1, -0.05) is 305 Å². The van der Waals surface area contributed by atoms with Crippen LogP contribution in [0, 0.1) is 0 Å². The highest BCUT2D eigenvalue weighted by Crippen LogP contribution is 2.55. The van der Waals surface area contributed by atoms with E-state index in [1.807, 2.05) is 11.8 Å². The van der Waals surface area contributed by atoms with Crippen LogP contribution in [0.4, 0.5) is 85.3 Å². The van der Waals surface area contributed by atoms with Gasteiger partial charge in [-0.3, -0.25) is 0 Å². The van der Waals surface area contributed by atoms with Crippen LogP contribution in [0.5, 0.6) is 0 Å². The molecule has 0 saturated heterocycles. The zero-order valence-corrected chi connectivity index (χ0v) is 71.8. The minimum absolute atomic E-state index is 0.147. The van der Waals surface area contributed by atoms with Gasteiger partial charge in [0.15, 0.2) is 0 Å². The molecule has 566 valence electrons. The smallest absolute Gasteiger partial charge is 0.252 e. The number of benzene rings is 12. The van der Waals surface area contributed by atoms with Crippen molar-refractivity contribution in [2.75, 3.05) is 24.5 Å². The largest absolute Gasteiger partial charge is 0.311 e. The van der Waals surface area contributed by atoms with Crippen molar-refractivity contribution in [1.29, 1.82) is 0 Å². The lowest BCUT2D eigenvalue weighted by Gasteiger charge is -2.48. The second-order valence-corrected chi connectivity index (χ2v) is 41.6. The molecule has 4 aliphatic heterocycles. The molecule has 0 spiro atoms. The first-order valence-electron chi connectivity index (χ1n) is 40.8. The SMILES string of the molecule is CC(C)(C)c1cc(N2c3cc(N(c4ccccc4)c4ccccc4)cc4c3B(c3cc5c(cc3S4)N(c3ccccc3)c3cc(N(c4ccccc4)c4ccccc4)cc4c3B5c3c(cc(C(C)(C)C)cc3C(C)(C)C)N4c3cc(C(C)(C)C)cc(C(C)(C)C)c3)c3c2cc(C(C)(C)C)cc3C(C)(C)C)cc(C(C)(C)C)c1. The monoisotopic (exact) mass is 1490 g/mol. The highest BCUT2D eigenvalue weighted by atomic mass is 32.2. The molecule has 0 fully saturated rings. The Balaban J connectivity index is 1.09. The third-order valence-electron chi connectivity index (χ3n) is 23.9. The summed E-state index contributed by atoms with van der Waals surface area (Å²) < 4.78 is 0. The molecule has 5 nitrogen and oxygen atoms in total. The summed E-state index contributed by atoms with van der Waals surface area (Å²) in [6.45, 7) is 57.4. The quantitative estimate of drug-likeness (QED) is 0.133. The number of hydrogen-bond acceptors (Lipinski definition) is 6. The molecule has 0 aliphatic carbocycles. The molecule has 12 aromatic carbocycles. The minimum Gasteiger partial charge on any atom is -0.311 e. The van der Waals surface area contributed by atoms with Crippen molar-refractivity contribution in [3.05, 3.63) is 293 Å². The fourth-order valence-electron chi connectivity index (χ4n) is 17.6. The molecule has 112 heavy (non-hydrogen) atoms. The van der Waals surface area contributed by atoms with E-state index in [1.165, 1.54) is 127 Å². The van der Waals surface area contributed by atoms with E-state index in [9.17, 15) is 0 Å². The predicted octanol–water partition coefficient (Wildman–Crippen LogP) is 25.9. The van der Waals surface area contributed by atoms with Crippen LogP contribution in [0.1, 0.15) is 211 Å². The van der Waals surface area contributed by atoms with Gasteiger partial charge in [0, 0.05) is 89.4 Å². The number of rotatable bonds is 9. The summed E-state index contributed by atoms with van der Waals surface area (Å²) in [5, 5.41) is 0. The third kappa shape index (κ3) is 13.5. The molecule has 4 heterocycles. The van der Waals surface area contributed by atoms with Crippen molar-refractivity contribution in [3.63, 3.8) is 0 Å². The van der Waals surface area contributed by atoms with Crippen molar-refractivity contribution >= 4 is 143 Å². The molecule has 0 aromatic heterocycles. The summed E-state index contributed by atoms with van der Waals surface area (Å²) in [7, 11) is 0. The van der Waals surface area contributed by atoms with E-state index in [0.29, 0.717) is 0 Å². The van der Waals surface area contributed by atoms with Gasteiger partial charge in [-0.2, -0.15) is 0 Å². The van der Waals surface area contributed by atoms with Crippen LogP contribution in [0.15, 0.2) is 259 Å². The Bertz CT molecular complexity index is 5510. The first kappa shape index (κ1) is 76.1. The Hall–Kier alpha value is -9.88. The average Bonchev–Trinajstić information content (AvgIpc) is 0.685. The summed E-state index contributed by atoms with van der Waals surface area (Å²) in [6, 6.07) is 96.8. The van der Waals surface area contributed by atoms with E-state index in [0.717, 1.165) is 45.5 Å². The fourth-order valence-corrected chi connectivity index (χ4v) is 18.9. The van der Waals surface area contributed by atoms with Crippen molar-refractivity contribution in [1.82, 2.24) is 0 Å². The van der Waals surface area contributed by atoms with Gasteiger partial charge in [-0.25, -0.2) is 0 Å². The Morgan fingerprint density at radius 1 is 0.223 bits per heavy atom. The van der Waals surface area contributed by atoms with Gasteiger partial charge >= 0.3 is 0 Å². The second-order valence-electron chi connectivity index (χ2n) is 40.5. The van der Waals surface area contributed by atoms with E-state index in [-0.39, 0.29) is 56.7 Å². The molecule has 12 aromatic rings. The van der Waals surface area contributed by atoms with Crippen LogP contribution in [-0.4, -0.2) is 13.4 Å². The zero-order valence-electron chi connectivity index (χ0n) is 71.0. The van der Waals surface area contributed by atoms with E-state index in [4.69, 9.17) is 0 Å². The number of fused-ring (bicyclic) bond motifs is 8. The molecule has 0 radical (unpaired) electrons. The summed E-state index contributed by atoms with van der Waals surface area (Å²) in [5.74, 6) is 0. The van der Waals surface area contributed by atoms with Crippen LogP contribution in [0.2, 0.25) is 0 Å². The van der Waals surface area contributed by atoms with Crippen LogP contribution in [0.25, 0.3) is 0 Å². The van der Waals surface area contributed by atoms with Crippen molar-refractivity contribution in [2.45, 2.75) is 219 Å². The normalized spacial score (nSPS) is 14.1. The van der Waals surface area contributed by atoms with Gasteiger partial charge < -0.3 is 24.5 Å². The first-order valence-corrected chi connectivity index (χ1v) is 41.6. The van der Waals surface area contributed by atoms with E-state index in [2.05, 4.69) is 439 Å². The van der Waals surface area contributed by atoms with Crippen LogP contribution in [-0.2, 0) is 43.3 Å². The highest BCUT2D eigenvalue weighted by Gasteiger charge is 2.51. The molecule has 16 rings (SSSR count). The average molecular weight is 1490 g/mol. The lowest BCUT2D eigenvalue weighted by Crippen LogP contribution is -2.66. The summed E-state index contributed by atoms with van der Waals surface area (Å²) in [5.41, 5.74) is 34.3. The maximum atomic E-state index is 2.77. The van der Waals surface area contributed by atoms with Gasteiger partial charge in [0.05, 0.1) is 5.69 Å². The molecule has 4 aliphatic rings. The molecule has 8 heteroatoms. The molecular formula is C104H113B2N5S. The molecule has 0 saturated carbocycles. The zero-order chi connectivity index (χ0) is 79.6. The maximum Gasteiger partial charge on any atom is 0.252 e. The number of para-hydroxylation sites is 5. The highest BCUT2D eigenvalue weighted by molar-refractivity contribution is 8.00. The predicted molar refractivity (Wildman–Crippen MR) is 489 cm³/mol. The number of hydrogen-bond donors (Lipinski definition) is 0. The van der Waals surface area contributed by atoms with E-state index in [1.54, 1.807) is 0 Å². The Morgan fingerprint density at radius 3 is 0.857 bits per heavy atom. The summed E-state index contributed by atoms with van der Waals surface area (Å²) in [6.07, 6.45) is 0. The lowest BCUT2D eigenvalue weighted by atomic mass is 9.29. The number of nitrogens with zero attached hydrogens (tertiary/aromatic N) is 5. The van der Waals surface area contributed by atoms with Gasteiger partial charge in [0.25, 0.3) is 6.71 Å². The van der Waals surface area contributed by atoms with Gasteiger partial charge in [0.2, 0.25) is 6.71 Å². The minimum atomic E-state index is -0.301. The van der Waals surface area contributed by atoms with Crippen molar-refractivity contribution < 1.29 is 0 Å². The second kappa shape index (κ2) is 26.9. The van der Waals surface area contributed by atoms with Crippen LogP contribution in [0.3, 0.4) is 0 Å². The lowest BCUT2D eigenvalue weighted by molar-refractivity contribution is 0.568. The van der Waals surface area contributed by atoms with Gasteiger partial charge in [0.1, 0.15) is 0 Å². The van der Waals surface area contributed by atoms with Crippen molar-refractivity contribution in [2.24, 2.45) is 0 Å². The summed E-state index contributed by atoms with van der Waals surface area (Å²) >= 11 is 1.96. The molecular weight excluding hydrogens is 1370 g/mol. The van der Waals surface area contributed by atoms with E-state index < -0.39 is 0 Å². The standard InChI is InChI=1S/C104H113B2N5S/c1-97(2,3)66-50-67(98(4,5)6)53-77(52-66)110-86-58-70(101(13,14)15)56-81(103(19,20)21)93(86)105-83-64-84-91(65-85(83)109(76-48-38-29-39-49-76)88-60-79(61-89(110)95(88)105)107(72-40-30-25-31-41-72)73-42-32-26-33-43-73)112-92-63-80(108(74-44-34-27-35-45-74)75-46-36-28-37-47-75)62-90-96(92)106(84)94-82(104(22,23)24)57-71(102(16,17)18)59-87(94)111(90)78-54-68(99(7,8)9)51-69(55-78)100(10,11)12/h25-65H,1-24H3. The Labute approximate surface area is 675 Å². The first-order chi connectivity index (χ1) is 52.6. The van der Waals surface area contributed by atoms with E-state index >= 15 is 0 Å². The van der Waals surface area contributed by atoms with Crippen molar-refractivity contribution in [3.8, 4) is 0 Å². The van der Waals surface area contributed by atoms with Gasteiger partial charge in [-0.05, 0) is 243 Å². The molecule has 0 atom stereocenters. The van der Waals surface area contributed by atoms with Crippen LogP contribution >= 0.6 is 11.8 Å². The Morgan fingerprint density at radius 2 is 0.518 bits per heavy atom. The fraction of sp³-hybridized carbons (Fsp3) is 0.308. The maximum absolute atomic E-state index is 2.77. The Kier molecular flexibility index (Phi) is 18.3. The number of anilines is 15. The van der Waals surface area contributed by atoms with Crippen LogP contribution < -0.4 is 57.3 Å². The van der Waals surface area contributed by atoms with Gasteiger partial charge in [-0.15, -0.1) is 0 Å². The topological polar surface area (TPSA) is 16.2 Å². The molecule has 0 N–H and O–H groups in total. The molecule has 0 amide bonds. The molecule has 0 bridgehead atoms. The third-order valence-corrected chi connectivity index (χ3v) is 25.0.